The van der Waals surface area contributed by atoms with E-state index in [1.165, 1.54) is 0 Å². The van der Waals surface area contributed by atoms with Gasteiger partial charge in [-0.05, 0) is 50.0 Å². The minimum Gasteiger partial charge on any atom is -0.353 e. The van der Waals surface area contributed by atoms with Gasteiger partial charge in [-0.2, -0.15) is 0 Å². The Bertz CT molecular complexity index is 699. The molecule has 0 saturated heterocycles. The highest BCUT2D eigenvalue weighted by Crippen LogP contribution is 2.19. The van der Waals surface area contributed by atoms with Crippen molar-refractivity contribution in [1.82, 2.24) is 19.9 Å². The van der Waals surface area contributed by atoms with Crippen LogP contribution in [0, 0.1) is 11.7 Å². The Kier molecular flexibility index (Phi) is 3.56. The lowest BCUT2D eigenvalue weighted by atomic mass is 10.3. The van der Waals surface area contributed by atoms with E-state index < -0.39 is 0 Å². The van der Waals surface area contributed by atoms with Crippen molar-refractivity contribution in [2.75, 3.05) is 0 Å². The molecule has 0 spiro atoms. The van der Waals surface area contributed by atoms with Crippen molar-refractivity contribution in [1.29, 1.82) is 0 Å². The number of H-pyrrole nitrogens is 1. The number of hydrogen-bond donors (Lipinski definition) is 2. The van der Waals surface area contributed by atoms with Crippen LogP contribution in [0.4, 0.5) is 0 Å². The van der Waals surface area contributed by atoms with Gasteiger partial charge in [0.2, 0.25) is 5.91 Å². The molecule has 2 aromatic heterocycles. The summed E-state index contributed by atoms with van der Waals surface area (Å²) >= 11 is 5.32. The summed E-state index contributed by atoms with van der Waals surface area (Å²) < 4.78 is 2.63. The van der Waals surface area contributed by atoms with Gasteiger partial charge < -0.3 is 14.9 Å². The van der Waals surface area contributed by atoms with Crippen LogP contribution in [0.5, 0.6) is 0 Å². The number of fused-ring (bicyclic) bond motifs is 1. The van der Waals surface area contributed by atoms with Crippen molar-refractivity contribution >= 4 is 29.3 Å². The van der Waals surface area contributed by atoms with Crippen molar-refractivity contribution in [2.45, 2.75) is 45.2 Å². The molecule has 2 heterocycles. The van der Waals surface area contributed by atoms with Crippen LogP contribution in [-0.2, 0) is 11.3 Å². The predicted octanol–water partition coefficient (Wildman–Crippen LogP) is 2.46. The van der Waals surface area contributed by atoms with Crippen LogP contribution < -0.4 is 5.32 Å². The molecule has 1 amide bonds. The summed E-state index contributed by atoms with van der Waals surface area (Å²) in [6, 6.07) is 2.47. The minimum atomic E-state index is 0.141. The van der Waals surface area contributed by atoms with Gasteiger partial charge in [0.15, 0.2) is 10.4 Å². The highest BCUT2D eigenvalue weighted by atomic mass is 32.1. The lowest BCUT2D eigenvalue weighted by molar-refractivity contribution is -0.121. The standard InChI is InChI=1S/C14H18N4OS/c1-9-7-11-13(15-8-9)18(14(20)17-11)6-2-3-12(19)16-10-4-5-10/h7-8,10H,2-6H2,1H3,(H,16,19)(H,17,20). The second kappa shape index (κ2) is 5.36. The van der Waals surface area contributed by atoms with Crippen molar-refractivity contribution in [3.63, 3.8) is 0 Å². The van der Waals surface area contributed by atoms with Gasteiger partial charge in [-0.1, -0.05) is 0 Å². The van der Waals surface area contributed by atoms with Gasteiger partial charge in [0, 0.05) is 25.2 Å². The van der Waals surface area contributed by atoms with Gasteiger partial charge in [0.25, 0.3) is 0 Å². The van der Waals surface area contributed by atoms with Crippen molar-refractivity contribution in [2.24, 2.45) is 0 Å². The van der Waals surface area contributed by atoms with E-state index in [1.54, 1.807) is 0 Å². The van der Waals surface area contributed by atoms with E-state index in [2.05, 4.69) is 15.3 Å². The van der Waals surface area contributed by atoms with Gasteiger partial charge in [0.1, 0.15) is 0 Å². The Morgan fingerprint density at radius 3 is 3.15 bits per heavy atom. The van der Waals surface area contributed by atoms with Crippen LogP contribution in [0.25, 0.3) is 11.2 Å². The molecule has 3 rings (SSSR count). The maximum atomic E-state index is 11.6. The number of pyridine rings is 1. The second-order valence-corrected chi connectivity index (χ2v) is 5.80. The number of hydrogen-bond acceptors (Lipinski definition) is 3. The summed E-state index contributed by atoms with van der Waals surface area (Å²) in [5, 5.41) is 3.00. The van der Waals surface area contributed by atoms with E-state index in [9.17, 15) is 4.79 Å². The first-order chi connectivity index (χ1) is 9.63. The maximum Gasteiger partial charge on any atom is 0.220 e. The number of aromatic nitrogens is 3. The first-order valence-corrected chi connectivity index (χ1v) is 7.39. The smallest absolute Gasteiger partial charge is 0.220 e. The van der Waals surface area contributed by atoms with Crippen LogP contribution in [0.2, 0.25) is 0 Å². The van der Waals surface area contributed by atoms with Crippen molar-refractivity contribution in [3.05, 3.63) is 22.6 Å². The third-order valence-corrected chi connectivity index (χ3v) is 3.80. The number of aromatic amines is 1. The number of aryl methyl sites for hydroxylation is 2. The normalized spacial score (nSPS) is 14.7. The Morgan fingerprint density at radius 2 is 2.40 bits per heavy atom. The first kappa shape index (κ1) is 13.3. The third-order valence-electron chi connectivity index (χ3n) is 3.47. The molecule has 0 bridgehead atoms. The number of nitrogens with zero attached hydrogens (tertiary/aromatic N) is 2. The molecule has 1 saturated carbocycles. The fourth-order valence-corrected chi connectivity index (χ4v) is 2.57. The molecular formula is C14H18N4OS. The van der Waals surface area contributed by atoms with Gasteiger partial charge in [-0.3, -0.25) is 4.79 Å². The Hall–Kier alpha value is -1.69. The summed E-state index contributed by atoms with van der Waals surface area (Å²) in [4.78, 5) is 19.2. The van der Waals surface area contributed by atoms with E-state index >= 15 is 0 Å². The fraction of sp³-hybridized carbons (Fsp3) is 0.500. The molecule has 1 aliphatic rings. The Balaban J connectivity index is 1.66. The van der Waals surface area contributed by atoms with Crippen LogP contribution in [0.1, 0.15) is 31.2 Å². The number of carbonyl (C=O) groups is 1. The topological polar surface area (TPSA) is 62.7 Å². The fourth-order valence-electron chi connectivity index (χ4n) is 2.28. The quantitative estimate of drug-likeness (QED) is 0.832. The van der Waals surface area contributed by atoms with Crippen LogP contribution in [-0.4, -0.2) is 26.5 Å². The van der Waals surface area contributed by atoms with Gasteiger partial charge in [-0.25, -0.2) is 4.98 Å². The van der Waals surface area contributed by atoms with E-state index in [-0.39, 0.29) is 5.91 Å². The third kappa shape index (κ3) is 2.90. The van der Waals surface area contributed by atoms with Crippen LogP contribution in [0.3, 0.4) is 0 Å². The van der Waals surface area contributed by atoms with Gasteiger partial charge in [0.05, 0.1) is 5.52 Å². The van der Waals surface area contributed by atoms with E-state index in [1.807, 2.05) is 23.8 Å². The lowest BCUT2D eigenvalue weighted by Gasteiger charge is -2.05. The predicted molar refractivity (Wildman–Crippen MR) is 80.1 cm³/mol. The molecular weight excluding hydrogens is 272 g/mol. The zero-order valence-electron chi connectivity index (χ0n) is 11.5. The van der Waals surface area contributed by atoms with E-state index in [0.29, 0.717) is 23.8 Å². The van der Waals surface area contributed by atoms with Crippen molar-refractivity contribution < 1.29 is 4.79 Å². The molecule has 1 fully saturated rings. The average molecular weight is 290 g/mol. The number of imidazole rings is 1. The molecule has 20 heavy (non-hydrogen) atoms. The largest absolute Gasteiger partial charge is 0.353 e. The molecule has 0 unspecified atom stereocenters. The van der Waals surface area contributed by atoms with Gasteiger partial charge >= 0.3 is 0 Å². The monoisotopic (exact) mass is 290 g/mol. The average Bonchev–Trinajstić information content (AvgIpc) is 3.14. The van der Waals surface area contributed by atoms with Crippen molar-refractivity contribution in [3.8, 4) is 0 Å². The molecule has 0 aliphatic heterocycles. The second-order valence-electron chi connectivity index (χ2n) is 5.41. The molecule has 0 aromatic carbocycles. The number of nitrogens with one attached hydrogen (secondary N) is 2. The van der Waals surface area contributed by atoms with Crippen LogP contribution >= 0.6 is 12.2 Å². The zero-order valence-corrected chi connectivity index (χ0v) is 12.3. The van der Waals surface area contributed by atoms with E-state index in [0.717, 1.165) is 36.0 Å². The summed E-state index contributed by atoms with van der Waals surface area (Å²) in [5.41, 5.74) is 2.92. The first-order valence-electron chi connectivity index (χ1n) is 6.98. The van der Waals surface area contributed by atoms with Gasteiger partial charge in [-0.15, -0.1) is 0 Å². The molecule has 0 radical (unpaired) electrons. The molecule has 6 heteroatoms. The zero-order chi connectivity index (χ0) is 14.1. The number of amides is 1. The number of rotatable bonds is 5. The number of carbonyl (C=O) groups excluding carboxylic acids is 1. The maximum absolute atomic E-state index is 11.6. The summed E-state index contributed by atoms with van der Waals surface area (Å²) in [6.07, 6.45) is 5.40. The highest BCUT2D eigenvalue weighted by Gasteiger charge is 2.22. The summed E-state index contributed by atoms with van der Waals surface area (Å²) in [7, 11) is 0. The highest BCUT2D eigenvalue weighted by molar-refractivity contribution is 7.71. The minimum absolute atomic E-state index is 0.141. The summed E-state index contributed by atoms with van der Waals surface area (Å²) in [6.45, 7) is 2.72. The molecule has 2 aromatic rings. The van der Waals surface area contributed by atoms with E-state index in [4.69, 9.17) is 12.2 Å². The molecule has 0 atom stereocenters. The molecule has 2 N–H and O–H groups in total. The Labute approximate surface area is 122 Å². The SMILES string of the molecule is Cc1cnc2c(c1)[nH]c(=S)n2CCCC(=O)NC1CC1. The molecule has 106 valence electrons. The molecule has 1 aliphatic carbocycles. The lowest BCUT2D eigenvalue weighted by Crippen LogP contribution is -2.25. The summed E-state index contributed by atoms with van der Waals surface area (Å²) in [5.74, 6) is 0.141. The molecule has 5 nitrogen and oxygen atoms in total. The Morgan fingerprint density at radius 1 is 1.60 bits per heavy atom. The van der Waals surface area contributed by atoms with Crippen LogP contribution in [0.15, 0.2) is 12.3 Å².